The van der Waals surface area contributed by atoms with E-state index in [1.807, 2.05) is 0 Å². The lowest BCUT2D eigenvalue weighted by Crippen LogP contribution is -1.91. The number of hydrogen-bond acceptors (Lipinski definition) is 4. The van der Waals surface area contributed by atoms with Crippen molar-refractivity contribution in [2.24, 2.45) is 0 Å². The molecule has 5 heteroatoms. The Labute approximate surface area is 95.1 Å². The van der Waals surface area contributed by atoms with Crippen molar-refractivity contribution in [3.63, 3.8) is 0 Å². The molecule has 0 aliphatic rings. The van der Waals surface area contributed by atoms with Gasteiger partial charge in [0.15, 0.2) is 6.29 Å². The molecule has 0 saturated carbocycles. The quantitative estimate of drug-likeness (QED) is 0.832. The van der Waals surface area contributed by atoms with Crippen LogP contribution >= 0.6 is 11.3 Å². The maximum Gasteiger partial charge on any atom is 0.371 e. The van der Waals surface area contributed by atoms with Crippen LogP contribution in [-0.4, -0.2) is 17.4 Å². The third-order valence-corrected chi connectivity index (χ3v) is 2.98. The van der Waals surface area contributed by atoms with Gasteiger partial charge in [0, 0.05) is 10.9 Å². The summed E-state index contributed by atoms with van der Waals surface area (Å²) in [5, 5.41) is 10.5. The number of carboxylic acids is 1. The fraction of sp³-hybridized carbons (Fsp3) is 0.0909. The topological polar surface area (TPSA) is 67.5 Å². The average molecular weight is 236 g/mol. The van der Waals surface area contributed by atoms with Gasteiger partial charge in [0.2, 0.25) is 5.76 Å². The van der Waals surface area contributed by atoms with E-state index in [-0.39, 0.29) is 5.76 Å². The predicted octanol–water partition coefficient (Wildman–Crippen LogP) is 2.83. The summed E-state index contributed by atoms with van der Waals surface area (Å²) >= 11 is 1.30. The number of aldehydes is 1. The van der Waals surface area contributed by atoms with Gasteiger partial charge < -0.3 is 9.52 Å². The van der Waals surface area contributed by atoms with Gasteiger partial charge in [-0.25, -0.2) is 4.79 Å². The van der Waals surface area contributed by atoms with E-state index in [0.717, 1.165) is 17.4 Å². The lowest BCUT2D eigenvalue weighted by molar-refractivity contribution is 0.0663. The van der Waals surface area contributed by atoms with Crippen LogP contribution in [0.3, 0.4) is 0 Å². The first-order valence-corrected chi connectivity index (χ1v) is 5.37. The van der Waals surface area contributed by atoms with E-state index in [1.54, 1.807) is 18.4 Å². The summed E-state index contributed by atoms with van der Waals surface area (Å²) in [7, 11) is 0. The van der Waals surface area contributed by atoms with E-state index in [1.165, 1.54) is 17.4 Å². The Bertz CT molecular complexity index is 550. The fourth-order valence-corrected chi connectivity index (χ4v) is 2.10. The van der Waals surface area contributed by atoms with E-state index < -0.39 is 5.97 Å². The molecule has 0 aliphatic carbocycles. The Morgan fingerprint density at radius 3 is 2.75 bits per heavy atom. The molecular weight excluding hydrogens is 228 g/mol. The predicted molar refractivity (Wildman–Crippen MR) is 59.1 cm³/mol. The maximum absolute atomic E-state index is 10.7. The number of carbonyl (C=O) groups is 2. The highest BCUT2D eigenvalue weighted by molar-refractivity contribution is 7.12. The molecular formula is C11H8O4S. The molecule has 4 nitrogen and oxygen atoms in total. The molecule has 0 fully saturated rings. The number of aromatic carboxylic acids is 1. The van der Waals surface area contributed by atoms with Crippen molar-refractivity contribution in [3.05, 3.63) is 33.7 Å². The highest BCUT2D eigenvalue weighted by Gasteiger charge is 2.15. The van der Waals surface area contributed by atoms with Crippen LogP contribution in [0.25, 0.3) is 11.3 Å². The van der Waals surface area contributed by atoms with Crippen LogP contribution in [0.15, 0.2) is 21.9 Å². The Balaban J connectivity index is 2.47. The molecule has 2 aromatic rings. The molecule has 16 heavy (non-hydrogen) atoms. The van der Waals surface area contributed by atoms with Crippen molar-refractivity contribution in [3.8, 4) is 11.3 Å². The summed E-state index contributed by atoms with van der Waals surface area (Å²) in [6, 6.07) is 3.14. The maximum atomic E-state index is 10.7. The van der Waals surface area contributed by atoms with Crippen molar-refractivity contribution in [1.29, 1.82) is 0 Å². The highest BCUT2D eigenvalue weighted by Crippen LogP contribution is 2.30. The first-order valence-electron chi connectivity index (χ1n) is 4.49. The molecule has 0 spiro atoms. The van der Waals surface area contributed by atoms with Gasteiger partial charge in [0.1, 0.15) is 5.76 Å². The number of carbonyl (C=O) groups excluding carboxylic acids is 1. The van der Waals surface area contributed by atoms with Crippen LogP contribution in [0.4, 0.5) is 0 Å². The third-order valence-electron chi connectivity index (χ3n) is 2.13. The summed E-state index contributed by atoms with van der Waals surface area (Å²) < 4.78 is 5.21. The molecule has 0 aromatic carbocycles. The van der Waals surface area contributed by atoms with Crippen LogP contribution in [-0.2, 0) is 0 Å². The molecule has 0 bridgehead atoms. The van der Waals surface area contributed by atoms with Crippen LogP contribution in [0.2, 0.25) is 0 Å². The number of aryl methyl sites for hydroxylation is 1. The van der Waals surface area contributed by atoms with Crippen molar-refractivity contribution < 1.29 is 19.1 Å². The first kappa shape index (κ1) is 10.6. The zero-order valence-electron chi connectivity index (χ0n) is 8.39. The van der Waals surface area contributed by atoms with Gasteiger partial charge in [0.25, 0.3) is 0 Å². The lowest BCUT2D eigenvalue weighted by atomic mass is 10.2. The molecule has 2 heterocycles. The normalized spacial score (nSPS) is 10.3. The summed E-state index contributed by atoms with van der Waals surface area (Å²) in [5.74, 6) is -0.687. The number of rotatable bonds is 3. The second kappa shape index (κ2) is 3.94. The fourth-order valence-electron chi connectivity index (χ4n) is 1.41. The second-order valence-electron chi connectivity index (χ2n) is 3.28. The van der Waals surface area contributed by atoms with Crippen LogP contribution in [0.5, 0.6) is 0 Å². The summed E-state index contributed by atoms with van der Waals surface area (Å²) in [6.45, 7) is 1.77. The standard InChI is InChI=1S/C11H8O4S/c1-6-2-9(11(13)14)15-10(6)7-3-8(4-12)16-5-7/h2-5H,1H3,(H,13,14). The molecule has 0 atom stereocenters. The third kappa shape index (κ3) is 1.77. The molecule has 2 rings (SSSR count). The molecule has 0 saturated heterocycles. The lowest BCUT2D eigenvalue weighted by Gasteiger charge is -1.92. The summed E-state index contributed by atoms with van der Waals surface area (Å²) in [6.07, 6.45) is 0.755. The summed E-state index contributed by atoms with van der Waals surface area (Å²) in [5.41, 5.74) is 1.48. The molecule has 82 valence electrons. The van der Waals surface area contributed by atoms with Crippen molar-refractivity contribution in [2.45, 2.75) is 6.92 Å². The molecule has 0 aliphatic heterocycles. The Morgan fingerprint density at radius 1 is 1.50 bits per heavy atom. The molecule has 0 radical (unpaired) electrons. The van der Waals surface area contributed by atoms with Gasteiger partial charge in [-0.15, -0.1) is 11.3 Å². The Kier molecular flexibility index (Phi) is 2.62. The van der Waals surface area contributed by atoms with Gasteiger partial charge in [-0.1, -0.05) is 0 Å². The van der Waals surface area contributed by atoms with E-state index in [0.29, 0.717) is 10.6 Å². The number of carboxylic acid groups (broad SMARTS) is 1. The van der Waals surface area contributed by atoms with Gasteiger partial charge in [-0.05, 0) is 24.6 Å². The van der Waals surface area contributed by atoms with Crippen molar-refractivity contribution >= 4 is 23.6 Å². The van der Waals surface area contributed by atoms with E-state index in [4.69, 9.17) is 9.52 Å². The SMILES string of the molecule is Cc1cc(C(=O)O)oc1-c1csc(C=O)c1. The highest BCUT2D eigenvalue weighted by atomic mass is 32.1. The minimum Gasteiger partial charge on any atom is -0.475 e. The van der Waals surface area contributed by atoms with Gasteiger partial charge in [-0.2, -0.15) is 0 Å². The van der Waals surface area contributed by atoms with Gasteiger partial charge >= 0.3 is 5.97 Å². The van der Waals surface area contributed by atoms with Gasteiger partial charge in [-0.3, -0.25) is 4.79 Å². The zero-order valence-corrected chi connectivity index (χ0v) is 9.21. The summed E-state index contributed by atoms with van der Waals surface area (Å²) in [4.78, 5) is 21.8. The largest absolute Gasteiger partial charge is 0.475 e. The van der Waals surface area contributed by atoms with E-state index >= 15 is 0 Å². The minimum atomic E-state index is -1.10. The second-order valence-corrected chi connectivity index (χ2v) is 4.23. The van der Waals surface area contributed by atoms with E-state index in [2.05, 4.69) is 0 Å². The van der Waals surface area contributed by atoms with Crippen molar-refractivity contribution in [2.75, 3.05) is 0 Å². The Hall–Kier alpha value is -1.88. The molecule has 1 N–H and O–H groups in total. The van der Waals surface area contributed by atoms with Crippen LogP contribution in [0, 0.1) is 6.92 Å². The van der Waals surface area contributed by atoms with E-state index in [9.17, 15) is 9.59 Å². The van der Waals surface area contributed by atoms with Crippen LogP contribution in [0.1, 0.15) is 25.8 Å². The van der Waals surface area contributed by atoms with Gasteiger partial charge in [0.05, 0.1) is 4.88 Å². The molecule has 0 amide bonds. The average Bonchev–Trinajstić information content (AvgIpc) is 2.83. The monoisotopic (exact) mass is 236 g/mol. The smallest absolute Gasteiger partial charge is 0.371 e. The van der Waals surface area contributed by atoms with Crippen molar-refractivity contribution in [1.82, 2.24) is 0 Å². The number of furan rings is 1. The number of hydrogen-bond donors (Lipinski definition) is 1. The number of thiophene rings is 1. The zero-order chi connectivity index (χ0) is 11.7. The minimum absolute atomic E-state index is 0.0913. The first-order chi connectivity index (χ1) is 7.61. The molecule has 2 aromatic heterocycles. The Morgan fingerprint density at radius 2 is 2.25 bits per heavy atom. The van der Waals surface area contributed by atoms with Crippen LogP contribution < -0.4 is 0 Å². The molecule has 0 unspecified atom stereocenters.